The minimum absolute atomic E-state index is 0.0455. The standard InChI is InChI=1S/C25H21FN4O4/c26-14-3-1-2-13(10-14)12-28-25(32)30-22-21-17-11-15(4-6-18(17)34-23(21)22)33-19-8-9-27-24-16(19)5-7-20(31)29-24/h1-4,6,8-11,21-23H,5,7,12H2,(H,27,29,31)(H2,28,30,32)/t21-,22+,23-/m0/s1. The van der Waals surface area contributed by atoms with Crippen molar-refractivity contribution in [2.75, 3.05) is 5.32 Å². The lowest BCUT2D eigenvalue weighted by Gasteiger charge is -2.19. The number of hydrogen-bond donors (Lipinski definition) is 3. The molecule has 2 aliphatic heterocycles. The number of anilines is 1. The van der Waals surface area contributed by atoms with E-state index < -0.39 is 0 Å². The fourth-order valence-electron chi connectivity index (χ4n) is 4.59. The van der Waals surface area contributed by atoms with Gasteiger partial charge in [-0.25, -0.2) is 14.2 Å². The van der Waals surface area contributed by atoms with Crippen LogP contribution in [0.2, 0.25) is 0 Å². The van der Waals surface area contributed by atoms with Crippen molar-refractivity contribution in [3.05, 3.63) is 77.2 Å². The van der Waals surface area contributed by atoms with Crippen LogP contribution >= 0.6 is 0 Å². The number of carbonyl (C=O) groups is 2. The van der Waals surface area contributed by atoms with Gasteiger partial charge in [0.15, 0.2) is 0 Å². The SMILES string of the molecule is O=C1CCc2c(Oc3ccc4c(c3)[C@H]3[C@@H](NC(=O)NCc5cccc(F)c5)[C@H]3O4)ccnc2N1. The molecule has 3 heterocycles. The molecule has 1 fully saturated rings. The number of nitrogens with one attached hydrogen (secondary N) is 3. The molecule has 6 rings (SSSR count). The van der Waals surface area contributed by atoms with Crippen LogP contribution in [-0.2, 0) is 17.8 Å². The number of fused-ring (bicyclic) bond motifs is 4. The Morgan fingerprint density at radius 3 is 3.00 bits per heavy atom. The molecule has 2 aromatic carbocycles. The van der Waals surface area contributed by atoms with Gasteiger partial charge in [-0.2, -0.15) is 0 Å². The van der Waals surface area contributed by atoms with Gasteiger partial charge in [-0.15, -0.1) is 0 Å². The maximum atomic E-state index is 13.3. The lowest BCUT2D eigenvalue weighted by molar-refractivity contribution is -0.116. The van der Waals surface area contributed by atoms with Crippen molar-refractivity contribution in [2.24, 2.45) is 0 Å². The molecule has 0 bridgehead atoms. The summed E-state index contributed by atoms with van der Waals surface area (Å²) in [4.78, 5) is 28.2. The normalized spacial score (nSPS) is 21.3. The van der Waals surface area contributed by atoms with Gasteiger partial charge in [0, 0.05) is 30.3 Å². The first kappa shape index (κ1) is 20.5. The van der Waals surface area contributed by atoms with Gasteiger partial charge in [-0.05, 0) is 48.4 Å². The van der Waals surface area contributed by atoms with Gasteiger partial charge in [0.2, 0.25) is 5.91 Å². The van der Waals surface area contributed by atoms with E-state index in [1.165, 1.54) is 12.1 Å². The number of amides is 3. The molecule has 0 unspecified atom stereocenters. The Balaban J connectivity index is 1.11. The van der Waals surface area contributed by atoms with Crippen molar-refractivity contribution in [1.29, 1.82) is 0 Å². The average molecular weight is 460 g/mol. The largest absolute Gasteiger partial charge is 0.487 e. The molecule has 3 N–H and O–H groups in total. The Morgan fingerprint density at radius 2 is 2.12 bits per heavy atom. The summed E-state index contributed by atoms with van der Waals surface area (Å²) in [6, 6.07) is 13.1. The predicted octanol–water partition coefficient (Wildman–Crippen LogP) is 3.62. The number of benzene rings is 2. The van der Waals surface area contributed by atoms with Crippen LogP contribution in [0.3, 0.4) is 0 Å². The van der Waals surface area contributed by atoms with Gasteiger partial charge >= 0.3 is 6.03 Å². The van der Waals surface area contributed by atoms with Gasteiger partial charge in [-0.1, -0.05) is 12.1 Å². The van der Waals surface area contributed by atoms with Gasteiger partial charge in [0.05, 0.1) is 12.0 Å². The first-order valence-electron chi connectivity index (χ1n) is 11.1. The van der Waals surface area contributed by atoms with Crippen molar-refractivity contribution in [1.82, 2.24) is 15.6 Å². The molecule has 1 aliphatic carbocycles. The van der Waals surface area contributed by atoms with Gasteiger partial charge in [-0.3, -0.25) is 4.79 Å². The number of urea groups is 1. The summed E-state index contributed by atoms with van der Waals surface area (Å²) in [5.74, 6) is 2.28. The summed E-state index contributed by atoms with van der Waals surface area (Å²) in [6.07, 6.45) is 2.45. The molecule has 0 spiro atoms. The summed E-state index contributed by atoms with van der Waals surface area (Å²) < 4.78 is 25.4. The second kappa shape index (κ2) is 8.02. The van der Waals surface area contributed by atoms with Crippen molar-refractivity contribution in [3.63, 3.8) is 0 Å². The van der Waals surface area contributed by atoms with E-state index in [9.17, 15) is 14.0 Å². The highest BCUT2D eigenvalue weighted by Gasteiger charge is 2.59. The Morgan fingerprint density at radius 1 is 1.21 bits per heavy atom. The van der Waals surface area contributed by atoms with Gasteiger partial charge in [0.1, 0.15) is 35.0 Å². The van der Waals surface area contributed by atoms with E-state index in [2.05, 4.69) is 20.9 Å². The van der Waals surface area contributed by atoms with Crippen LogP contribution in [0.25, 0.3) is 0 Å². The molecular weight excluding hydrogens is 439 g/mol. The highest BCUT2D eigenvalue weighted by molar-refractivity contribution is 5.93. The second-order valence-corrected chi connectivity index (χ2v) is 8.58. The highest BCUT2D eigenvalue weighted by atomic mass is 19.1. The summed E-state index contributed by atoms with van der Waals surface area (Å²) in [5.41, 5.74) is 2.54. The lowest BCUT2D eigenvalue weighted by atomic mass is 10.1. The monoisotopic (exact) mass is 460 g/mol. The van der Waals surface area contributed by atoms with E-state index in [1.54, 1.807) is 24.4 Å². The topological polar surface area (TPSA) is 102 Å². The minimum atomic E-state index is -0.337. The number of carbonyl (C=O) groups excluding carboxylic acids is 2. The number of halogens is 1. The van der Waals surface area contributed by atoms with E-state index in [0.717, 1.165) is 16.9 Å². The molecule has 34 heavy (non-hydrogen) atoms. The number of nitrogens with zero attached hydrogens (tertiary/aromatic N) is 1. The number of ether oxygens (including phenoxy) is 2. The quantitative estimate of drug-likeness (QED) is 0.540. The zero-order chi connectivity index (χ0) is 23.2. The number of pyridine rings is 1. The van der Waals surface area contributed by atoms with Crippen LogP contribution in [0.1, 0.15) is 29.0 Å². The summed E-state index contributed by atoms with van der Waals surface area (Å²) in [5, 5.41) is 8.47. The maximum Gasteiger partial charge on any atom is 0.315 e. The molecule has 1 aromatic heterocycles. The number of aromatic nitrogens is 1. The first-order valence-corrected chi connectivity index (χ1v) is 11.1. The molecule has 0 saturated heterocycles. The third-order valence-electron chi connectivity index (χ3n) is 6.30. The Kier molecular flexibility index (Phi) is 4.83. The molecule has 8 nitrogen and oxygen atoms in total. The molecule has 0 radical (unpaired) electrons. The average Bonchev–Trinajstić information content (AvgIpc) is 3.34. The Hall–Kier alpha value is -4.14. The van der Waals surface area contributed by atoms with E-state index in [-0.39, 0.29) is 42.4 Å². The zero-order valence-electron chi connectivity index (χ0n) is 18.0. The summed E-state index contributed by atoms with van der Waals surface area (Å²) in [7, 11) is 0. The van der Waals surface area contributed by atoms with Crippen molar-refractivity contribution >= 4 is 17.8 Å². The van der Waals surface area contributed by atoms with Crippen molar-refractivity contribution in [2.45, 2.75) is 37.5 Å². The van der Waals surface area contributed by atoms with E-state index in [0.29, 0.717) is 35.7 Å². The summed E-state index contributed by atoms with van der Waals surface area (Å²) in [6.45, 7) is 0.234. The molecule has 3 atom stereocenters. The molecule has 9 heteroatoms. The van der Waals surface area contributed by atoms with Gasteiger partial charge < -0.3 is 25.4 Å². The lowest BCUT2D eigenvalue weighted by Crippen LogP contribution is -2.38. The van der Waals surface area contributed by atoms with Crippen LogP contribution in [0.4, 0.5) is 15.0 Å². The minimum Gasteiger partial charge on any atom is -0.487 e. The third-order valence-corrected chi connectivity index (χ3v) is 6.30. The molecular formula is C25H21FN4O4. The fourth-order valence-corrected chi connectivity index (χ4v) is 4.59. The Labute approximate surface area is 194 Å². The predicted molar refractivity (Wildman–Crippen MR) is 120 cm³/mol. The molecule has 3 amide bonds. The molecule has 3 aromatic rings. The highest BCUT2D eigenvalue weighted by Crippen LogP contribution is 2.54. The molecule has 1 saturated carbocycles. The van der Waals surface area contributed by atoms with Crippen LogP contribution < -0.4 is 25.4 Å². The second-order valence-electron chi connectivity index (χ2n) is 8.58. The van der Waals surface area contributed by atoms with E-state index >= 15 is 0 Å². The van der Waals surface area contributed by atoms with Crippen LogP contribution in [-0.4, -0.2) is 29.1 Å². The van der Waals surface area contributed by atoms with Crippen LogP contribution in [0.5, 0.6) is 17.2 Å². The smallest absolute Gasteiger partial charge is 0.315 e. The first-order chi connectivity index (χ1) is 16.5. The number of hydrogen-bond acceptors (Lipinski definition) is 5. The maximum absolute atomic E-state index is 13.3. The molecule has 172 valence electrons. The van der Waals surface area contributed by atoms with Crippen molar-refractivity contribution in [3.8, 4) is 17.2 Å². The van der Waals surface area contributed by atoms with E-state index in [4.69, 9.17) is 9.47 Å². The number of rotatable bonds is 5. The zero-order valence-corrected chi connectivity index (χ0v) is 18.0. The van der Waals surface area contributed by atoms with Crippen LogP contribution in [0.15, 0.2) is 54.7 Å². The van der Waals surface area contributed by atoms with Gasteiger partial charge in [0.25, 0.3) is 0 Å². The van der Waals surface area contributed by atoms with Crippen LogP contribution in [0, 0.1) is 5.82 Å². The van der Waals surface area contributed by atoms with E-state index in [1.807, 2.05) is 18.2 Å². The Bertz CT molecular complexity index is 1310. The van der Waals surface area contributed by atoms with Crippen molar-refractivity contribution < 1.29 is 23.5 Å². The fraction of sp³-hybridized carbons (Fsp3) is 0.240. The summed E-state index contributed by atoms with van der Waals surface area (Å²) >= 11 is 0. The third kappa shape index (κ3) is 3.79. The molecule has 3 aliphatic rings.